The van der Waals surface area contributed by atoms with Gasteiger partial charge in [-0.05, 0) is 66.1 Å². The van der Waals surface area contributed by atoms with Crippen LogP contribution in [0.5, 0.6) is 5.75 Å². The maximum atomic E-state index is 12.2. The first-order chi connectivity index (χ1) is 11.9. The Morgan fingerprint density at radius 1 is 1.08 bits per heavy atom. The van der Waals surface area contributed by atoms with Gasteiger partial charge in [0.05, 0.1) is 5.69 Å². The van der Waals surface area contributed by atoms with Gasteiger partial charge in [0.1, 0.15) is 12.4 Å². The van der Waals surface area contributed by atoms with Crippen LogP contribution >= 0.6 is 15.9 Å². The molecular formula is C18H19BrN4O2. The van der Waals surface area contributed by atoms with Gasteiger partial charge in [0.2, 0.25) is 0 Å². The van der Waals surface area contributed by atoms with E-state index < -0.39 is 0 Å². The van der Waals surface area contributed by atoms with Crippen LogP contribution in [-0.4, -0.2) is 19.8 Å². The van der Waals surface area contributed by atoms with Crippen LogP contribution in [0, 0.1) is 20.8 Å². The van der Waals surface area contributed by atoms with Crippen molar-refractivity contribution in [3.63, 3.8) is 0 Å². The highest BCUT2D eigenvalue weighted by atomic mass is 79.9. The van der Waals surface area contributed by atoms with Crippen LogP contribution in [0.1, 0.15) is 22.3 Å². The Morgan fingerprint density at radius 3 is 2.48 bits per heavy atom. The Kier molecular flexibility index (Phi) is 4.76. The van der Waals surface area contributed by atoms with E-state index in [1.165, 1.54) is 20.5 Å². The highest BCUT2D eigenvalue weighted by molar-refractivity contribution is 9.10. The minimum absolute atomic E-state index is 0.304. The SMILES string of the molecule is Cc1cc(C)c(OCc2c(Br)cccc2-n2nnn(C)c2=O)cc1C. The van der Waals surface area contributed by atoms with E-state index >= 15 is 0 Å². The maximum Gasteiger partial charge on any atom is 0.368 e. The average molecular weight is 403 g/mol. The van der Waals surface area contributed by atoms with Gasteiger partial charge < -0.3 is 4.74 Å². The fourth-order valence-electron chi connectivity index (χ4n) is 2.59. The standard InChI is InChI=1S/C18H19BrN4O2/c1-11-8-13(3)17(9-12(11)2)25-10-14-15(19)6-5-7-16(14)23-18(24)22(4)20-21-23/h5-9H,10H2,1-4H3. The van der Waals surface area contributed by atoms with E-state index in [-0.39, 0.29) is 5.69 Å². The molecule has 0 aliphatic carbocycles. The van der Waals surface area contributed by atoms with Crippen molar-refractivity contribution < 1.29 is 4.74 Å². The predicted molar refractivity (Wildman–Crippen MR) is 99.3 cm³/mol. The summed E-state index contributed by atoms with van der Waals surface area (Å²) in [4.78, 5) is 12.2. The maximum absolute atomic E-state index is 12.2. The number of rotatable bonds is 4. The monoisotopic (exact) mass is 402 g/mol. The van der Waals surface area contributed by atoms with Crippen LogP contribution in [-0.2, 0) is 13.7 Å². The third-order valence-corrected chi connectivity index (χ3v) is 4.95. The Labute approximate surface area is 154 Å². The zero-order chi connectivity index (χ0) is 18.1. The molecule has 0 saturated carbocycles. The van der Waals surface area contributed by atoms with E-state index in [1.807, 2.05) is 31.2 Å². The smallest absolute Gasteiger partial charge is 0.368 e. The van der Waals surface area contributed by atoms with Crippen LogP contribution in [0.15, 0.2) is 39.6 Å². The van der Waals surface area contributed by atoms with Gasteiger partial charge in [-0.15, -0.1) is 0 Å². The van der Waals surface area contributed by atoms with E-state index in [9.17, 15) is 4.79 Å². The van der Waals surface area contributed by atoms with Gasteiger partial charge in [0.15, 0.2) is 0 Å². The van der Waals surface area contributed by atoms with E-state index in [2.05, 4.69) is 46.3 Å². The average Bonchev–Trinajstić information content (AvgIpc) is 2.90. The largest absolute Gasteiger partial charge is 0.489 e. The number of hydrogen-bond acceptors (Lipinski definition) is 4. The molecule has 0 aliphatic rings. The Balaban J connectivity index is 1.97. The van der Waals surface area contributed by atoms with Gasteiger partial charge in [-0.25, -0.2) is 4.79 Å². The summed E-state index contributed by atoms with van der Waals surface area (Å²) in [7, 11) is 1.57. The summed E-state index contributed by atoms with van der Waals surface area (Å²) in [6.07, 6.45) is 0. The molecule has 0 saturated heterocycles. The van der Waals surface area contributed by atoms with E-state index in [1.54, 1.807) is 7.05 Å². The number of nitrogens with zero attached hydrogens (tertiary/aromatic N) is 4. The quantitative estimate of drug-likeness (QED) is 0.671. The van der Waals surface area contributed by atoms with Crippen molar-refractivity contribution in [2.75, 3.05) is 0 Å². The summed E-state index contributed by atoms with van der Waals surface area (Å²) in [6, 6.07) is 9.74. The van der Waals surface area contributed by atoms with Crippen molar-refractivity contribution in [1.82, 2.24) is 19.8 Å². The molecular weight excluding hydrogens is 384 g/mol. The molecule has 0 fully saturated rings. The van der Waals surface area contributed by atoms with Gasteiger partial charge in [-0.3, -0.25) is 0 Å². The highest BCUT2D eigenvalue weighted by Crippen LogP contribution is 2.27. The molecule has 0 radical (unpaired) electrons. The second kappa shape index (κ2) is 6.84. The highest BCUT2D eigenvalue weighted by Gasteiger charge is 2.15. The first-order valence-corrected chi connectivity index (χ1v) is 8.65. The van der Waals surface area contributed by atoms with Crippen molar-refractivity contribution in [2.24, 2.45) is 7.05 Å². The number of halogens is 1. The number of aryl methyl sites for hydroxylation is 4. The summed E-state index contributed by atoms with van der Waals surface area (Å²) in [6.45, 7) is 6.47. The van der Waals surface area contributed by atoms with E-state index in [4.69, 9.17) is 4.74 Å². The summed E-state index contributed by atoms with van der Waals surface area (Å²) in [5.74, 6) is 0.830. The molecule has 0 bridgehead atoms. The van der Waals surface area contributed by atoms with Crippen molar-refractivity contribution >= 4 is 15.9 Å². The topological polar surface area (TPSA) is 61.9 Å². The molecule has 1 aromatic heterocycles. The first-order valence-electron chi connectivity index (χ1n) is 7.86. The molecule has 3 rings (SSSR count). The minimum Gasteiger partial charge on any atom is -0.489 e. The molecule has 130 valence electrons. The molecule has 1 heterocycles. The fourth-order valence-corrected chi connectivity index (χ4v) is 3.06. The molecule has 6 nitrogen and oxygen atoms in total. The second-order valence-corrected chi connectivity index (χ2v) is 6.88. The molecule has 0 N–H and O–H groups in total. The normalized spacial score (nSPS) is 10.9. The van der Waals surface area contributed by atoms with Crippen molar-refractivity contribution in [3.8, 4) is 11.4 Å². The van der Waals surface area contributed by atoms with Gasteiger partial charge in [0, 0.05) is 17.1 Å². The predicted octanol–water partition coefficient (Wildman–Crippen LogP) is 3.23. The molecule has 2 aromatic carbocycles. The van der Waals surface area contributed by atoms with Gasteiger partial charge in [-0.1, -0.05) is 28.1 Å². The van der Waals surface area contributed by atoms with Crippen LogP contribution in [0.4, 0.5) is 0 Å². The fraction of sp³-hybridized carbons (Fsp3) is 0.278. The molecule has 0 unspecified atom stereocenters. The second-order valence-electron chi connectivity index (χ2n) is 6.03. The molecule has 25 heavy (non-hydrogen) atoms. The molecule has 0 amide bonds. The lowest BCUT2D eigenvalue weighted by atomic mass is 10.1. The van der Waals surface area contributed by atoms with Crippen LogP contribution in [0.3, 0.4) is 0 Å². The van der Waals surface area contributed by atoms with Crippen molar-refractivity contribution in [3.05, 3.63) is 67.5 Å². The number of aromatic nitrogens is 4. The summed E-state index contributed by atoms with van der Waals surface area (Å²) in [5, 5.41) is 7.70. The lowest BCUT2D eigenvalue weighted by Crippen LogP contribution is -2.23. The van der Waals surface area contributed by atoms with Gasteiger partial charge >= 0.3 is 5.69 Å². The summed E-state index contributed by atoms with van der Waals surface area (Å²) in [5.41, 5.74) is 4.67. The first kappa shape index (κ1) is 17.4. The minimum atomic E-state index is -0.304. The van der Waals surface area contributed by atoms with Crippen LogP contribution in [0.25, 0.3) is 5.69 Å². The molecule has 0 spiro atoms. The van der Waals surface area contributed by atoms with Crippen molar-refractivity contribution in [1.29, 1.82) is 0 Å². The number of ether oxygens (including phenoxy) is 1. The Hall–Kier alpha value is -2.41. The van der Waals surface area contributed by atoms with Crippen LogP contribution < -0.4 is 10.4 Å². The number of benzene rings is 2. The Bertz CT molecular complexity index is 991. The summed E-state index contributed by atoms with van der Waals surface area (Å²) < 4.78 is 9.37. The zero-order valence-electron chi connectivity index (χ0n) is 14.6. The molecule has 7 heteroatoms. The molecule has 3 aromatic rings. The molecule has 0 aliphatic heterocycles. The third-order valence-electron chi connectivity index (χ3n) is 4.21. The van der Waals surface area contributed by atoms with Crippen molar-refractivity contribution in [2.45, 2.75) is 27.4 Å². The summed E-state index contributed by atoms with van der Waals surface area (Å²) >= 11 is 3.54. The van der Waals surface area contributed by atoms with Crippen LogP contribution in [0.2, 0.25) is 0 Å². The van der Waals surface area contributed by atoms with E-state index in [0.717, 1.165) is 21.3 Å². The zero-order valence-corrected chi connectivity index (χ0v) is 16.2. The lowest BCUT2D eigenvalue weighted by Gasteiger charge is -2.15. The Morgan fingerprint density at radius 2 is 1.80 bits per heavy atom. The third kappa shape index (κ3) is 3.37. The lowest BCUT2D eigenvalue weighted by molar-refractivity contribution is 0.302. The number of tetrazole rings is 1. The van der Waals surface area contributed by atoms with Gasteiger partial charge in [-0.2, -0.15) is 9.36 Å². The molecule has 0 atom stereocenters. The number of hydrogen-bond donors (Lipinski definition) is 0. The van der Waals surface area contributed by atoms with E-state index in [0.29, 0.717) is 12.3 Å². The van der Waals surface area contributed by atoms with Gasteiger partial charge in [0.25, 0.3) is 0 Å².